The van der Waals surface area contributed by atoms with Gasteiger partial charge in [0, 0.05) is 18.8 Å². The fourth-order valence-electron chi connectivity index (χ4n) is 2.18. The van der Waals surface area contributed by atoms with Gasteiger partial charge in [-0.15, -0.1) is 0 Å². The second-order valence-electron chi connectivity index (χ2n) is 4.79. The molecule has 100 valence electrons. The molecule has 1 aromatic heterocycles. The van der Waals surface area contributed by atoms with Crippen molar-refractivity contribution in [2.24, 2.45) is 0 Å². The van der Waals surface area contributed by atoms with Gasteiger partial charge in [-0.05, 0) is 38.4 Å². The molecule has 2 heterocycles. The van der Waals surface area contributed by atoms with Crippen molar-refractivity contribution >= 4 is 0 Å². The average Bonchev–Trinajstić information content (AvgIpc) is 2.40. The summed E-state index contributed by atoms with van der Waals surface area (Å²) in [7, 11) is 0. The van der Waals surface area contributed by atoms with E-state index in [9.17, 15) is 5.11 Å². The number of aromatic nitrogens is 1. The molecule has 2 rings (SSSR count). The third-order valence-corrected chi connectivity index (χ3v) is 3.27. The lowest BCUT2D eigenvalue weighted by molar-refractivity contribution is 0.0374. The Morgan fingerprint density at radius 3 is 2.89 bits per heavy atom. The largest absolute Gasteiger partial charge is 0.387 e. The first kappa shape index (κ1) is 13.5. The van der Waals surface area contributed by atoms with E-state index in [1.54, 1.807) is 6.92 Å². The van der Waals surface area contributed by atoms with E-state index in [0.717, 1.165) is 57.1 Å². The van der Waals surface area contributed by atoms with Gasteiger partial charge in [0.05, 0.1) is 25.0 Å². The van der Waals surface area contributed by atoms with Crippen molar-refractivity contribution < 1.29 is 9.84 Å². The number of morpholine rings is 1. The molecule has 18 heavy (non-hydrogen) atoms. The summed E-state index contributed by atoms with van der Waals surface area (Å²) in [5.41, 5.74) is 1.83. The van der Waals surface area contributed by atoms with Crippen molar-refractivity contribution in [2.45, 2.75) is 25.9 Å². The summed E-state index contributed by atoms with van der Waals surface area (Å²) in [6, 6.07) is 5.88. The van der Waals surface area contributed by atoms with Gasteiger partial charge >= 0.3 is 0 Å². The quantitative estimate of drug-likeness (QED) is 0.858. The molecule has 1 unspecified atom stereocenters. The average molecular weight is 250 g/mol. The first-order valence-corrected chi connectivity index (χ1v) is 6.70. The lowest BCUT2D eigenvalue weighted by Crippen LogP contribution is -2.36. The Morgan fingerprint density at radius 1 is 1.39 bits per heavy atom. The van der Waals surface area contributed by atoms with E-state index in [2.05, 4.69) is 9.88 Å². The molecule has 0 aromatic carbocycles. The number of nitrogens with zero attached hydrogens (tertiary/aromatic N) is 2. The van der Waals surface area contributed by atoms with Crippen LogP contribution >= 0.6 is 0 Å². The van der Waals surface area contributed by atoms with Gasteiger partial charge in [-0.1, -0.05) is 6.07 Å². The molecule has 0 bridgehead atoms. The highest BCUT2D eigenvalue weighted by Crippen LogP contribution is 2.10. The molecule has 1 aliphatic heterocycles. The van der Waals surface area contributed by atoms with Crippen LogP contribution in [0.1, 0.15) is 30.8 Å². The minimum Gasteiger partial charge on any atom is -0.387 e. The van der Waals surface area contributed by atoms with Crippen LogP contribution in [0.2, 0.25) is 0 Å². The summed E-state index contributed by atoms with van der Waals surface area (Å²) in [6.07, 6.45) is 1.60. The number of pyridine rings is 1. The standard InChI is InChI=1S/C14H22N2O2/c1-12(17)14-6-2-4-13(15-14)5-3-7-16-8-10-18-11-9-16/h2,4,6,12,17H,3,5,7-11H2,1H3. The molecule has 1 atom stereocenters. The highest BCUT2D eigenvalue weighted by molar-refractivity contribution is 5.12. The predicted molar refractivity (Wildman–Crippen MR) is 70.5 cm³/mol. The van der Waals surface area contributed by atoms with Crippen LogP contribution in [-0.4, -0.2) is 47.8 Å². The Balaban J connectivity index is 1.77. The molecule has 1 fully saturated rings. The smallest absolute Gasteiger partial charge is 0.0931 e. The van der Waals surface area contributed by atoms with Crippen molar-refractivity contribution in [3.8, 4) is 0 Å². The molecule has 1 aromatic rings. The molecule has 1 N–H and O–H groups in total. The predicted octanol–water partition coefficient (Wildman–Crippen LogP) is 1.40. The number of aryl methyl sites for hydroxylation is 1. The van der Waals surface area contributed by atoms with Crippen LogP contribution in [-0.2, 0) is 11.2 Å². The van der Waals surface area contributed by atoms with Crippen LogP contribution in [0, 0.1) is 0 Å². The minimum absolute atomic E-state index is 0.482. The third kappa shape index (κ3) is 4.05. The van der Waals surface area contributed by atoms with Crippen molar-refractivity contribution in [3.05, 3.63) is 29.6 Å². The van der Waals surface area contributed by atoms with E-state index in [-0.39, 0.29) is 0 Å². The van der Waals surface area contributed by atoms with Crippen LogP contribution < -0.4 is 0 Å². The Bertz CT molecular complexity index is 363. The van der Waals surface area contributed by atoms with Crippen molar-refractivity contribution in [1.29, 1.82) is 0 Å². The molecule has 0 aliphatic carbocycles. The van der Waals surface area contributed by atoms with E-state index in [1.807, 2.05) is 18.2 Å². The molecule has 1 aliphatic rings. The summed E-state index contributed by atoms with van der Waals surface area (Å²) in [5.74, 6) is 0. The van der Waals surface area contributed by atoms with Gasteiger partial charge in [0.2, 0.25) is 0 Å². The summed E-state index contributed by atoms with van der Waals surface area (Å²) < 4.78 is 5.32. The fourth-order valence-corrected chi connectivity index (χ4v) is 2.18. The molecular weight excluding hydrogens is 228 g/mol. The second-order valence-corrected chi connectivity index (χ2v) is 4.79. The van der Waals surface area contributed by atoms with E-state index in [4.69, 9.17) is 4.74 Å². The topological polar surface area (TPSA) is 45.6 Å². The highest BCUT2D eigenvalue weighted by Gasteiger charge is 2.10. The Kier molecular flexibility index (Phi) is 5.11. The Hall–Kier alpha value is -0.970. The van der Waals surface area contributed by atoms with Crippen LogP contribution in [0.5, 0.6) is 0 Å². The lowest BCUT2D eigenvalue weighted by Gasteiger charge is -2.26. The number of aliphatic hydroxyl groups excluding tert-OH is 1. The molecule has 0 radical (unpaired) electrons. The zero-order chi connectivity index (χ0) is 12.8. The summed E-state index contributed by atoms with van der Waals surface area (Å²) in [5, 5.41) is 9.49. The number of rotatable bonds is 5. The molecule has 0 amide bonds. The number of hydrogen-bond donors (Lipinski definition) is 1. The van der Waals surface area contributed by atoms with Crippen LogP contribution in [0.4, 0.5) is 0 Å². The van der Waals surface area contributed by atoms with Gasteiger partial charge in [-0.3, -0.25) is 9.88 Å². The Morgan fingerprint density at radius 2 is 2.17 bits per heavy atom. The normalized spacial score (nSPS) is 18.8. The first-order chi connectivity index (χ1) is 8.75. The fraction of sp³-hybridized carbons (Fsp3) is 0.643. The minimum atomic E-state index is -0.482. The summed E-state index contributed by atoms with van der Waals surface area (Å²) >= 11 is 0. The van der Waals surface area contributed by atoms with Gasteiger partial charge in [0.15, 0.2) is 0 Å². The van der Waals surface area contributed by atoms with Crippen LogP contribution in [0.25, 0.3) is 0 Å². The van der Waals surface area contributed by atoms with Crippen LogP contribution in [0.15, 0.2) is 18.2 Å². The molecule has 1 saturated heterocycles. The second kappa shape index (κ2) is 6.83. The van der Waals surface area contributed by atoms with Crippen molar-refractivity contribution in [3.63, 3.8) is 0 Å². The van der Waals surface area contributed by atoms with E-state index in [1.165, 1.54) is 0 Å². The van der Waals surface area contributed by atoms with Crippen LogP contribution in [0.3, 0.4) is 0 Å². The van der Waals surface area contributed by atoms with E-state index >= 15 is 0 Å². The molecule has 0 spiro atoms. The summed E-state index contributed by atoms with van der Waals surface area (Å²) in [4.78, 5) is 6.89. The molecule has 4 heteroatoms. The SMILES string of the molecule is CC(O)c1cccc(CCCN2CCOCC2)n1. The number of aliphatic hydroxyl groups is 1. The first-order valence-electron chi connectivity index (χ1n) is 6.70. The third-order valence-electron chi connectivity index (χ3n) is 3.27. The molecule has 0 saturated carbocycles. The zero-order valence-corrected chi connectivity index (χ0v) is 11.0. The van der Waals surface area contributed by atoms with Crippen molar-refractivity contribution in [2.75, 3.05) is 32.8 Å². The van der Waals surface area contributed by atoms with E-state index in [0.29, 0.717) is 0 Å². The Labute approximate surface area is 109 Å². The van der Waals surface area contributed by atoms with Crippen molar-refractivity contribution in [1.82, 2.24) is 9.88 Å². The van der Waals surface area contributed by atoms with Gasteiger partial charge in [0.1, 0.15) is 0 Å². The van der Waals surface area contributed by atoms with Gasteiger partial charge in [0.25, 0.3) is 0 Å². The highest BCUT2D eigenvalue weighted by atomic mass is 16.5. The number of ether oxygens (including phenoxy) is 1. The van der Waals surface area contributed by atoms with Gasteiger partial charge in [-0.2, -0.15) is 0 Å². The maximum Gasteiger partial charge on any atom is 0.0931 e. The molecule has 4 nitrogen and oxygen atoms in total. The lowest BCUT2D eigenvalue weighted by atomic mass is 10.1. The van der Waals surface area contributed by atoms with Gasteiger partial charge in [-0.25, -0.2) is 0 Å². The number of hydrogen-bond acceptors (Lipinski definition) is 4. The van der Waals surface area contributed by atoms with Gasteiger partial charge < -0.3 is 9.84 Å². The maximum atomic E-state index is 9.49. The summed E-state index contributed by atoms with van der Waals surface area (Å²) in [6.45, 7) is 6.65. The zero-order valence-electron chi connectivity index (χ0n) is 11.0. The monoisotopic (exact) mass is 250 g/mol. The van der Waals surface area contributed by atoms with E-state index < -0.39 is 6.10 Å². The molecular formula is C14H22N2O2. The maximum absolute atomic E-state index is 9.49.